The first kappa shape index (κ1) is 16.6. The zero-order valence-corrected chi connectivity index (χ0v) is 14.7. The van der Waals surface area contributed by atoms with Crippen LogP contribution in [0.25, 0.3) is 11.0 Å². The largest absolute Gasteiger partial charge is 0.486 e. The van der Waals surface area contributed by atoms with Gasteiger partial charge in [0.25, 0.3) is 0 Å². The van der Waals surface area contributed by atoms with Crippen LogP contribution in [-0.2, 0) is 13.2 Å². The molecule has 0 saturated heterocycles. The normalized spacial score (nSPS) is 11.0. The fraction of sp³-hybridized carbons (Fsp3) is 0.0952. The number of imidazole rings is 1. The van der Waals surface area contributed by atoms with E-state index in [-0.39, 0.29) is 12.4 Å². The average Bonchev–Trinajstić information content (AvgIpc) is 3.01. The Morgan fingerprint density at radius 2 is 1.69 bits per heavy atom. The average molecular weight is 367 g/mol. The van der Waals surface area contributed by atoms with Gasteiger partial charge in [-0.25, -0.2) is 9.37 Å². The molecule has 5 heteroatoms. The summed E-state index contributed by atoms with van der Waals surface area (Å²) in [6, 6.07) is 22.0. The molecule has 1 heterocycles. The van der Waals surface area contributed by atoms with Gasteiger partial charge < -0.3 is 9.30 Å². The zero-order chi connectivity index (χ0) is 17.9. The molecular weight excluding hydrogens is 351 g/mol. The molecular formula is C21H16ClFN2O. The minimum atomic E-state index is -0.329. The Hall–Kier alpha value is -2.85. The van der Waals surface area contributed by atoms with Crippen molar-refractivity contribution >= 4 is 22.6 Å². The Balaban J connectivity index is 1.72. The van der Waals surface area contributed by atoms with Crippen molar-refractivity contribution in [2.45, 2.75) is 13.2 Å². The third-order valence-electron chi connectivity index (χ3n) is 4.22. The van der Waals surface area contributed by atoms with Gasteiger partial charge in [0.2, 0.25) is 0 Å². The number of ether oxygens (including phenoxy) is 1. The molecule has 26 heavy (non-hydrogen) atoms. The van der Waals surface area contributed by atoms with Gasteiger partial charge in [-0.05, 0) is 36.4 Å². The Kier molecular flexibility index (Phi) is 4.59. The number of para-hydroxylation sites is 3. The van der Waals surface area contributed by atoms with Crippen molar-refractivity contribution in [1.29, 1.82) is 0 Å². The smallest absolute Gasteiger partial charge is 0.148 e. The molecule has 0 atom stereocenters. The molecule has 3 nitrogen and oxygen atoms in total. The first-order valence-corrected chi connectivity index (χ1v) is 8.65. The van der Waals surface area contributed by atoms with Gasteiger partial charge in [-0.15, -0.1) is 0 Å². The summed E-state index contributed by atoms with van der Waals surface area (Å²) in [6.45, 7) is 0.574. The highest BCUT2D eigenvalue weighted by molar-refractivity contribution is 6.31. The van der Waals surface area contributed by atoms with E-state index in [4.69, 9.17) is 16.3 Å². The molecule has 4 rings (SSSR count). The lowest BCUT2D eigenvalue weighted by Crippen LogP contribution is -2.10. The molecule has 0 fully saturated rings. The Morgan fingerprint density at radius 3 is 2.50 bits per heavy atom. The Labute approximate surface area is 155 Å². The van der Waals surface area contributed by atoms with Crippen LogP contribution in [0.1, 0.15) is 11.4 Å². The maximum atomic E-state index is 14.3. The molecule has 0 aliphatic carbocycles. The maximum absolute atomic E-state index is 14.3. The molecule has 1 aromatic heterocycles. The lowest BCUT2D eigenvalue weighted by molar-refractivity contribution is 0.291. The van der Waals surface area contributed by atoms with Crippen molar-refractivity contribution in [1.82, 2.24) is 9.55 Å². The van der Waals surface area contributed by atoms with Crippen LogP contribution in [0.15, 0.2) is 72.8 Å². The quantitative estimate of drug-likeness (QED) is 0.469. The summed E-state index contributed by atoms with van der Waals surface area (Å²) in [7, 11) is 0. The predicted molar refractivity (Wildman–Crippen MR) is 101 cm³/mol. The number of rotatable bonds is 5. The van der Waals surface area contributed by atoms with Crippen molar-refractivity contribution in [3.63, 3.8) is 0 Å². The molecule has 0 aliphatic rings. The number of hydrogen-bond acceptors (Lipinski definition) is 2. The third-order valence-corrected chi connectivity index (χ3v) is 4.58. The Morgan fingerprint density at radius 1 is 0.923 bits per heavy atom. The first-order chi connectivity index (χ1) is 12.7. The summed E-state index contributed by atoms with van der Waals surface area (Å²) in [4.78, 5) is 4.66. The van der Waals surface area contributed by atoms with E-state index < -0.39 is 0 Å². The van der Waals surface area contributed by atoms with Gasteiger partial charge in [-0.2, -0.15) is 0 Å². The van der Waals surface area contributed by atoms with Crippen LogP contribution in [0.2, 0.25) is 5.02 Å². The molecule has 0 radical (unpaired) electrons. The molecule has 3 aromatic carbocycles. The summed E-state index contributed by atoms with van der Waals surface area (Å²) in [5, 5.41) is 0.401. The summed E-state index contributed by atoms with van der Waals surface area (Å²) in [5.41, 5.74) is 2.20. The van der Waals surface area contributed by atoms with Gasteiger partial charge in [0.15, 0.2) is 0 Å². The molecule has 0 unspecified atom stereocenters. The molecule has 0 saturated carbocycles. The van der Waals surface area contributed by atoms with Crippen molar-refractivity contribution in [2.24, 2.45) is 0 Å². The van der Waals surface area contributed by atoms with Crippen molar-refractivity contribution in [3.8, 4) is 5.75 Å². The fourth-order valence-corrected chi connectivity index (χ4v) is 3.14. The molecule has 0 spiro atoms. The lowest BCUT2D eigenvalue weighted by atomic mass is 10.2. The molecule has 4 aromatic rings. The first-order valence-electron chi connectivity index (χ1n) is 8.27. The summed E-state index contributed by atoms with van der Waals surface area (Å²) in [5.74, 6) is 1.15. The maximum Gasteiger partial charge on any atom is 0.148 e. The van der Waals surface area contributed by atoms with Crippen molar-refractivity contribution in [2.75, 3.05) is 0 Å². The van der Waals surface area contributed by atoms with E-state index >= 15 is 0 Å². The molecule has 0 amide bonds. The van der Waals surface area contributed by atoms with E-state index in [1.165, 1.54) is 6.07 Å². The lowest BCUT2D eigenvalue weighted by Gasteiger charge is -2.12. The van der Waals surface area contributed by atoms with Crippen LogP contribution < -0.4 is 4.74 Å². The minimum Gasteiger partial charge on any atom is -0.486 e. The highest BCUT2D eigenvalue weighted by Crippen LogP contribution is 2.24. The SMILES string of the molecule is Fc1cccc(Cl)c1Cn1c(COc2ccccc2)nc2ccccc21. The van der Waals surface area contributed by atoms with Crippen LogP contribution in [0.4, 0.5) is 4.39 Å². The number of fused-ring (bicyclic) bond motifs is 1. The van der Waals surface area contributed by atoms with Gasteiger partial charge in [-0.3, -0.25) is 0 Å². The topological polar surface area (TPSA) is 27.1 Å². The molecule has 0 bridgehead atoms. The van der Waals surface area contributed by atoms with Crippen LogP contribution in [0, 0.1) is 5.82 Å². The monoisotopic (exact) mass is 366 g/mol. The second-order valence-corrected chi connectivity index (χ2v) is 6.31. The van der Waals surface area contributed by atoms with Gasteiger partial charge in [0.05, 0.1) is 17.6 Å². The number of nitrogens with zero attached hydrogens (tertiary/aromatic N) is 2. The van der Waals surface area contributed by atoms with Crippen LogP contribution in [-0.4, -0.2) is 9.55 Å². The standard InChI is InChI=1S/C21H16ClFN2O/c22-17-9-6-10-18(23)16(17)13-25-20-12-5-4-11-19(20)24-21(25)14-26-15-7-2-1-3-8-15/h1-12H,13-14H2. The van der Waals surface area contributed by atoms with E-state index in [9.17, 15) is 4.39 Å². The summed E-state index contributed by atoms with van der Waals surface area (Å²) in [6.07, 6.45) is 0. The number of hydrogen-bond donors (Lipinski definition) is 0. The van der Waals surface area contributed by atoms with E-state index in [1.807, 2.05) is 59.2 Å². The van der Waals surface area contributed by atoms with Gasteiger partial charge in [0, 0.05) is 10.6 Å². The van der Waals surface area contributed by atoms with Crippen LogP contribution in [0.3, 0.4) is 0 Å². The minimum absolute atomic E-state index is 0.283. The van der Waals surface area contributed by atoms with E-state index in [2.05, 4.69) is 4.98 Å². The van der Waals surface area contributed by atoms with Gasteiger partial charge in [-0.1, -0.05) is 48.0 Å². The van der Waals surface area contributed by atoms with Gasteiger partial charge in [0.1, 0.15) is 24.0 Å². The van der Waals surface area contributed by atoms with Crippen molar-refractivity contribution in [3.05, 3.63) is 95.0 Å². The second kappa shape index (κ2) is 7.18. The zero-order valence-electron chi connectivity index (χ0n) is 13.9. The molecule has 0 N–H and O–H groups in total. The van der Waals surface area contributed by atoms with Crippen LogP contribution in [0.5, 0.6) is 5.75 Å². The van der Waals surface area contributed by atoms with Crippen molar-refractivity contribution < 1.29 is 9.13 Å². The Bertz CT molecular complexity index is 1030. The number of aromatic nitrogens is 2. The molecule has 130 valence electrons. The summed E-state index contributed by atoms with van der Waals surface area (Å²) < 4.78 is 22.1. The van der Waals surface area contributed by atoms with E-state index in [0.29, 0.717) is 17.1 Å². The summed E-state index contributed by atoms with van der Waals surface area (Å²) >= 11 is 6.22. The highest BCUT2D eigenvalue weighted by atomic mass is 35.5. The predicted octanol–water partition coefficient (Wildman–Crippen LogP) is 5.46. The number of benzene rings is 3. The third kappa shape index (κ3) is 3.28. The number of halogens is 2. The van der Waals surface area contributed by atoms with E-state index in [1.54, 1.807) is 12.1 Å². The molecule has 0 aliphatic heterocycles. The van der Waals surface area contributed by atoms with Gasteiger partial charge >= 0.3 is 0 Å². The van der Waals surface area contributed by atoms with Crippen LogP contribution >= 0.6 is 11.6 Å². The highest BCUT2D eigenvalue weighted by Gasteiger charge is 2.15. The second-order valence-electron chi connectivity index (χ2n) is 5.90. The fourth-order valence-electron chi connectivity index (χ4n) is 2.92. The van der Waals surface area contributed by atoms with E-state index in [0.717, 1.165) is 22.6 Å².